The SMILES string of the molecule is COc1ccc2c(c1)C(=O)C(=O)N2CC(O)CBr. The highest BCUT2D eigenvalue weighted by atomic mass is 79.9. The average molecular weight is 314 g/mol. The lowest BCUT2D eigenvalue weighted by atomic mass is 10.1. The number of anilines is 1. The van der Waals surface area contributed by atoms with Gasteiger partial charge in [0.1, 0.15) is 5.75 Å². The number of ether oxygens (including phenoxy) is 1. The van der Waals surface area contributed by atoms with Gasteiger partial charge in [-0.25, -0.2) is 0 Å². The fourth-order valence-corrected chi connectivity index (χ4v) is 2.05. The summed E-state index contributed by atoms with van der Waals surface area (Å²) in [6, 6.07) is 4.87. The molecule has 0 aromatic heterocycles. The minimum Gasteiger partial charge on any atom is -0.497 e. The van der Waals surface area contributed by atoms with E-state index < -0.39 is 17.8 Å². The molecule has 1 aromatic carbocycles. The Morgan fingerprint density at radius 1 is 1.44 bits per heavy atom. The number of ketones is 1. The summed E-state index contributed by atoms with van der Waals surface area (Å²) in [5.41, 5.74) is 0.840. The number of hydrogen-bond donors (Lipinski definition) is 1. The maximum atomic E-state index is 11.8. The molecule has 5 nitrogen and oxygen atoms in total. The van der Waals surface area contributed by atoms with Crippen molar-refractivity contribution in [2.45, 2.75) is 6.10 Å². The van der Waals surface area contributed by atoms with Crippen molar-refractivity contribution in [3.05, 3.63) is 23.8 Å². The first-order valence-corrected chi connectivity index (χ1v) is 6.49. The van der Waals surface area contributed by atoms with Crippen molar-refractivity contribution in [2.24, 2.45) is 0 Å². The molecule has 0 spiro atoms. The monoisotopic (exact) mass is 313 g/mol. The summed E-state index contributed by atoms with van der Waals surface area (Å²) in [4.78, 5) is 24.9. The van der Waals surface area contributed by atoms with Gasteiger partial charge in [0.15, 0.2) is 0 Å². The van der Waals surface area contributed by atoms with Crippen molar-refractivity contribution in [2.75, 3.05) is 23.9 Å². The van der Waals surface area contributed by atoms with E-state index in [1.807, 2.05) is 0 Å². The number of halogens is 1. The molecule has 1 aliphatic rings. The number of β-amino-alcohol motifs (C(OH)–C–C–N with tert-alkyl or cyclic N) is 1. The van der Waals surface area contributed by atoms with E-state index in [1.165, 1.54) is 18.1 Å². The number of alkyl halides is 1. The molecule has 1 N–H and O–H groups in total. The first-order valence-electron chi connectivity index (χ1n) is 5.36. The van der Waals surface area contributed by atoms with E-state index in [0.29, 0.717) is 22.3 Å². The second-order valence-corrected chi connectivity index (χ2v) is 4.58. The molecule has 1 amide bonds. The maximum Gasteiger partial charge on any atom is 0.299 e. The van der Waals surface area contributed by atoms with Crippen LogP contribution >= 0.6 is 15.9 Å². The number of fused-ring (bicyclic) bond motifs is 1. The lowest BCUT2D eigenvalue weighted by Gasteiger charge is -2.19. The Hall–Kier alpha value is -1.40. The van der Waals surface area contributed by atoms with E-state index >= 15 is 0 Å². The molecule has 1 unspecified atom stereocenters. The van der Waals surface area contributed by atoms with E-state index in [0.717, 1.165) is 0 Å². The van der Waals surface area contributed by atoms with E-state index in [9.17, 15) is 14.7 Å². The summed E-state index contributed by atoms with van der Waals surface area (Å²) in [6.45, 7) is 0.0924. The molecule has 18 heavy (non-hydrogen) atoms. The number of aliphatic hydroxyl groups excluding tert-OH is 1. The van der Waals surface area contributed by atoms with E-state index in [1.54, 1.807) is 12.1 Å². The standard InChI is InChI=1S/C12H12BrNO4/c1-18-8-2-3-10-9(4-8)11(16)12(17)14(10)6-7(15)5-13/h2-4,7,15H,5-6H2,1H3. The Labute approximate surface area is 112 Å². The van der Waals surface area contributed by atoms with E-state index in [-0.39, 0.29) is 6.54 Å². The fraction of sp³-hybridized carbons (Fsp3) is 0.333. The zero-order chi connectivity index (χ0) is 13.3. The predicted octanol–water partition coefficient (Wildman–Crippen LogP) is 0.980. The molecule has 6 heteroatoms. The van der Waals surface area contributed by atoms with Gasteiger partial charge in [0.2, 0.25) is 0 Å². The molecule has 0 saturated heterocycles. The smallest absolute Gasteiger partial charge is 0.299 e. The van der Waals surface area contributed by atoms with Crippen molar-refractivity contribution in [1.29, 1.82) is 0 Å². The molecule has 1 atom stereocenters. The minimum absolute atomic E-state index is 0.0924. The van der Waals surface area contributed by atoms with Crippen LogP contribution in [0, 0.1) is 0 Å². The highest BCUT2D eigenvalue weighted by Crippen LogP contribution is 2.32. The number of aliphatic hydroxyl groups is 1. The normalized spacial score (nSPS) is 15.8. The summed E-state index contributed by atoms with van der Waals surface area (Å²) in [5, 5.41) is 9.92. The lowest BCUT2D eigenvalue weighted by Crippen LogP contribution is -2.37. The summed E-state index contributed by atoms with van der Waals surface area (Å²) in [5.74, 6) is -0.651. The van der Waals surface area contributed by atoms with Crippen LogP contribution in [0.5, 0.6) is 5.75 Å². The van der Waals surface area contributed by atoms with E-state index in [2.05, 4.69) is 15.9 Å². The van der Waals surface area contributed by atoms with Crippen LogP contribution in [0.4, 0.5) is 5.69 Å². The molecule has 1 heterocycles. The van der Waals surface area contributed by atoms with E-state index in [4.69, 9.17) is 4.74 Å². The topological polar surface area (TPSA) is 66.8 Å². The molecular formula is C12H12BrNO4. The number of methoxy groups -OCH3 is 1. The molecule has 0 aliphatic carbocycles. The molecule has 2 rings (SSSR count). The highest BCUT2D eigenvalue weighted by molar-refractivity contribution is 9.09. The van der Waals surface area contributed by atoms with Crippen LogP contribution in [-0.4, -0.2) is 41.9 Å². The maximum absolute atomic E-state index is 11.8. The van der Waals surface area contributed by atoms with Crippen molar-refractivity contribution in [3.8, 4) is 5.75 Å². The average Bonchev–Trinajstić information content (AvgIpc) is 2.63. The molecular weight excluding hydrogens is 302 g/mol. The van der Waals surface area contributed by atoms with Crippen molar-refractivity contribution in [3.63, 3.8) is 0 Å². The van der Waals surface area contributed by atoms with Crippen molar-refractivity contribution in [1.82, 2.24) is 0 Å². The molecule has 0 bridgehead atoms. The van der Waals surface area contributed by atoms with Gasteiger partial charge in [0.05, 0.1) is 31.0 Å². The lowest BCUT2D eigenvalue weighted by molar-refractivity contribution is -0.114. The number of rotatable bonds is 4. The molecule has 1 aliphatic heterocycles. The summed E-state index contributed by atoms with van der Waals surface area (Å²) in [7, 11) is 1.50. The van der Waals surface area contributed by atoms with Crippen LogP contribution < -0.4 is 9.64 Å². The molecule has 0 radical (unpaired) electrons. The third-order valence-corrected chi connectivity index (χ3v) is 3.50. The Morgan fingerprint density at radius 2 is 2.17 bits per heavy atom. The third-order valence-electron chi connectivity index (χ3n) is 2.75. The Balaban J connectivity index is 2.37. The number of carbonyl (C=O) groups excluding carboxylic acids is 2. The highest BCUT2D eigenvalue weighted by Gasteiger charge is 2.36. The van der Waals surface area contributed by atoms with Crippen LogP contribution in [0.3, 0.4) is 0 Å². The van der Waals surface area contributed by atoms with Gasteiger partial charge in [-0.05, 0) is 18.2 Å². The molecule has 0 fully saturated rings. The van der Waals surface area contributed by atoms with Crippen LogP contribution in [0.2, 0.25) is 0 Å². The first-order chi connectivity index (χ1) is 8.58. The third kappa shape index (κ3) is 2.13. The van der Waals surface area contributed by atoms with Crippen LogP contribution in [-0.2, 0) is 4.79 Å². The molecule has 1 aromatic rings. The number of amides is 1. The Bertz CT molecular complexity index is 503. The predicted molar refractivity (Wildman–Crippen MR) is 69.5 cm³/mol. The number of Topliss-reactive ketones (excluding diaryl/α,β-unsaturated/α-hetero) is 1. The fourth-order valence-electron chi connectivity index (χ4n) is 1.85. The van der Waals surface area contributed by atoms with Gasteiger partial charge in [-0.1, -0.05) is 15.9 Å². The largest absolute Gasteiger partial charge is 0.497 e. The summed E-state index contributed by atoms with van der Waals surface area (Å²) >= 11 is 3.13. The first kappa shape index (κ1) is 13.0. The zero-order valence-electron chi connectivity index (χ0n) is 9.72. The number of benzene rings is 1. The zero-order valence-corrected chi connectivity index (χ0v) is 11.3. The van der Waals surface area contributed by atoms with Crippen LogP contribution in [0.25, 0.3) is 0 Å². The van der Waals surface area contributed by atoms with Crippen LogP contribution in [0.1, 0.15) is 10.4 Å². The minimum atomic E-state index is -0.713. The second kappa shape index (κ2) is 5.07. The van der Waals surface area contributed by atoms with Gasteiger partial charge in [-0.2, -0.15) is 0 Å². The number of hydrogen-bond acceptors (Lipinski definition) is 4. The molecule has 96 valence electrons. The summed E-state index contributed by atoms with van der Waals surface area (Å²) in [6.07, 6.45) is -0.713. The van der Waals surface area contributed by atoms with Gasteiger partial charge in [-0.3, -0.25) is 9.59 Å². The Kier molecular flexibility index (Phi) is 3.68. The van der Waals surface area contributed by atoms with Gasteiger partial charge >= 0.3 is 0 Å². The van der Waals surface area contributed by atoms with Gasteiger partial charge < -0.3 is 14.7 Å². The Morgan fingerprint density at radius 3 is 2.78 bits per heavy atom. The number of nitrogens with zero attached hydrogens (tertiary/aromatic N) is 1. The quantitative estimate of drug-likeness (QED) is 0.664. The van der Waals surface area contributed by atoms with Gasteiger partial charge in [0, 0.05) is 5.33 Å². The van der Waals surface area contributed by atoms with Crippen LogP contribution in [0.15, 0.2) is 18.2 Å². The van der Waals surface area contributed by atoms with Crippen molar-refractivity contribution < 1.29 is 19.4 Å². The van der Waals surface area contributed by atoms with Crippen molar-refractivity contribution >= 4 is 33.3 Å². The number of carbonyl (C=O) groups is 2. The van der Waals surface area contributed by atoms with Gasteiger partial charge in [-0.15, -0.1) is 0 Å². The van der Waals surface area contributed by atoms with Gasteiger partial charge in [0.25, 0.3) is 11.7 Å². The second-order valence-electron chi connectivity index (χ2n) is 3.94. The molecule has 0 saturated carbocycles. The summed E-state index contributed by atoms with van der Waals surface area (Å²) < 4.78 is 5.02.